The average molecular weight is 316 g/mol. The van der Waals surface area contributed by atoms with Crippen LogP contribution in [0.3, 0.4) is 0 Å². The molecule has 0 saturated carbocycles. The Balaban J connectivity index is 1.43. The first kappa shape index (κ1) is 15.0. The molecule has 0 fully saturated rings. The van der Waals surface area contributed by atoms with Crippen LogP contribution in [0.4, 0.5) is 0 Å². The second-order valence-electron chi connectivity index (χ2n) is 4.97. The number of amides is 2. The van der Waals surface area contributed by atoms with E-state index in [2.05, 4.69) is 10.6 Å². The number of carbonyl (C=O) groups is 2. The molecule has 1 aromatic carbocycles. The quantitative estimate of drug-likeness (QED) is 0.816. The lowest BCUT2D eigenvalue weighted by Crippen LogP contribution is -2.45. The van der Waals surface area contributed by atoms with Gasteiger partial charge in [0.15, 0.2) is 11.5 Å². The van der Waals surface area contributed by atoms with Gasteiger partial charge in [-0.1, -0.05) is 12.1 Å². The number of nitrogens with one attached hydrogen (secondary N) is 2. The Bertz CT molecular complexity index is 684. The Kier molecular flexibility index (Phi) is 4.46. The molecule has 1 aromatic heterocycles. The van der Waals surface area contributed by atoms with Crippen LogP contribution in [0.2, 0.25) is 0 Å². The third-order valence-electron chi connectivity index (χ3n) is 3.27. The summed E-state index contributed by atoms with van der Waals surface area (Å²) in [6.07, 6.45) is 1.16. The number of rotatable bonds is 4. The summed E-state index contributed by atoms with van der Waals surface area (Å²) in [5.41, 5.74) is 0. The molecule has 1 atom stereocenters. The summed E-state index contributed by atoms with van der Waals surface area (Å²) in [6.45, 7) is 0.655. The molecule has 7 heteroatoms. The lowest BCUT2D eigenvalue weighted by atomic mass is 10.2. The lowest BCUT2D eigenvalue weighted by Gasteiger charge is -2.26. The number of ether oxygens (including phenoxy) is 2. The molecule has 23 heavy (non-hydrogen) atoms. The summed E-state index contributed by atoms with van der Waals surface area (Å²) in [4.78, 5) is 23.4. The molecule has 2 amide bonds. The van der Waals surface area contributed by atoms with Crippen molar-refractivity contribution in [3.05, 3.63) is 48.4 Å². The van der Waals surface area contributed by atoms with Gasteiger partial charge in [0, 0.05) is 0 Å². The predicted octanol–water partition coefficient (Wildman–Crippen LogP) is 0.852. The van der Waals surface area contributed by atoms with Crippen LogP contribution in [-0.2, 0) is 16.1 Å². The van der Waals surface area contributed by atoms with E-state index in [9.17, 15) is 9.59 Å². The van der Waals surface area contributed by atoms with E-state index in [4.69, 9.17) is 13.9 Å². The van der Waals surface area contributed by atoms with Gasteiger partial charge in [-0.05, 0) is 24.3 Å². The summed E-state index contributed by atoms with van der Waals surface area (Å²) in [5.74, 6) is 0.427. The van der Waals surface area contributed by atoms with E-state index >= 15 is 0 Å². The average Bonchev–Trinajstić information content (AvgIpc) is 3.10. The Morgan fingerprint density at radius 2 is 1.83 bits per heavy atom. The largest absolute Gasteiger partial charge is 0.486 e. The minimum absolute atomic E-state index is 0.162. The molecule has 1 unspecified atom stereocenters. The zero-order chi connectivity index (χ0) is 16.1. The van der Waals surface area contributed by atoms with E-state index in [0.29, 0.717) is 23.9 Å². The highest BCUT2D eigenvalue weighted by Gasteiger charge is 2.22. The van der Waals surface area contributed by atoms with Gasteiger partial charge in [-0.15, -0.1) is 0 Å². The molecule has 0 aliphatic carbocycles. The molecule has 0 radical (unpaired) electrons. The maximum absolute atomic E-state index is 11.7. The molecule has 0 spiro atoms. The van der Waals surface area contributed by atoms with Crippen molar-refractivity contribution in [1.82, 2.24) is 10.6 Å². The van der Waals surface area contributed by atoms with Crippen molar-refractivity contribution in [3.63, 3.8) is 0 Å². The van der Waals surface area contributed by atoms with Crippen LogP contribution in [0.1, 0.15) is 5.76 Å². The molecule has 2 N–H and O–H groups in total. The van der Waals surface area contributed by atoms with Crippen LogP contribution in [0.25, 0.3) is 0 Å². The van der Waals surface area contributed by atoms with Crippen LogP contribution in [0, 0.1) is 0 Å². The van der Waals surface area contributed by atoms with E-state index in [0.717, 1.165) is 0 Å². The second-order valence-corrected chi connectivity index (χ2v) is 4.97. The van der Waals surface area contributed by atoms with Gasteiger partial charge in [0.1, 0.15) is 18.5 Å². The van der Waals surface area contributed by atoms with Crippen molar-refractivity contribution in [3.8, 4) is 11.5 Å². The van der Waals surface area contributed by atoms with E-state index in [1.165, 1.54) is 6.26 Å². The fraction of sp³-hybridized carbons (Fsp3) is 0.250. The monoisotopic (exact) mass is 316 g/mol. The number of fused-ring (bicyclic) bond motifs is 1. The molecule has 1 aliphatic rings. The zero-order valence-corrected chi connectivity index (χ0v) is 12.3. The van der Waals surface area contributed by atoms with Crippen LogP contribution < -0.4 is 20.1 Å². The number of benzene rings is 1. The normalized spacial score (nSPS) is 15.7. The topological polar surface area (TPSA) is 89.8 Å². The molecule has 2 aromatic rings. The third kappa shape index (κ3) is 3.82. The molecule has 0 bridgehead atoms. The van der Waals surface area contributed by atoms with Crippen molar-refractivity contribution in [2.24, 2.45) is 0 Å². The van der Waals surface area contributed by atoms with Gasteiger partial charge >= 0.3 is 11.8 Å². The first-order chi connectivity index (χ1) is 11.2. The van der Waals surface area contributed by atoms with Crippen LogP contribution in [-0.4, -0.2) is 31.1 Å². The summed E-state index contributed by atoms with van der Waals surface area (Å²) < 4.78 is 16.3. The number of para-hydroxylation sites is 2. The molecular weight excluding hydrogens is 300 g/mol. The number of carbonyl (C=O) groups excluding carboxylic acids is 2. The Hall–Kier alpha value is -2.96. The molecule has 0 saturated heterocycles. The van der Waals surface area contributed by atoms with Gasteiger partial charge < -0.3 is 24.5 Å². The van der Waals surface area contributed by atoms with Gasteiger partial charge in [0.05, 0.1) is 19.4 Å². The Labute approximate surface area is 132 Å². The van der Waals surface area contributed by atoms with Crippen molar-refractivity contribution in [2.75, 3.05) is 13.2 Å². The van der Waals surface area contributed by atoms with Crippen LogP contribution >= 0.6 is 0 Å². The highest BCUT2D eigenvalue weighted by Crippen LogP contribution is 2.30. The van der Waals surface area contributed by atoms with Gasteiger partial charge in [-0.3, -0.25) is 9.59 Å². The van der Waals surface area contributed by atoms with Gasteiger partial charge in [-0.2, -0.15) is 0 Å². The van der Waals surface area contributed by atoms with Crippen LogP contribution in [0.15, 0.2) is 47.1 Å². The molecular formula is C16H16N2O5. The third-order valence-corrected chi connectivity index (χ3v) is 3.27. The van der Waals surface area contributed by atoms with Gasteiger partial charge in [0.25, 0.3) is 0 Å². The van der Waals surface area contributed by atoms with Gasteiger partial charge in [-0.25, -0.2) is 0 Å². The van der Waals surface area contributed by atoms with Gasteiger partial charge in [0.2, 0.25) is 0 Å². The fourth-order valence-electron chi connectivity index (χ4n) is 2.11. The van der Waals surface area contributed by atoms with E-state index in [1.807, 2.05) is 18.2 Å². The minimum atomic E-state index is -0.724. The van der Waals surface area contributed by atoms with Crippen molar-refractivity contribution >= 4 is 11.8 Å². The Morgan fingerprint density at radius 1 is 1.04 bits per heavy atom. The first-order valence-corrected chi connectivity index (χ1v) is 7.19. The molecule has 2 heterocycles. The highest BCUT2D eigenvalue weighted by molar-refractivity contribution is 6.35. The standard InChI is InChI=1S/C16H16N2O5/c19-15(17-8-11-4-3-7-21-11)16(20)18-9-12-10-22-13-5-1-2-6-14(13)23-12/h1-7,12H,8-10H2,(H,17,19)(H,18,20). The van der Waals surface area contributed by atoms with E-state index in [1.54, 1.807) is 18.2 Å². The maximum atomic E-state index is 11.7. The summed E-state index contributed by atoms with van der Waals surface area (Å²) in [6, 6.07) is 10.7. The fourth-order valence-corrected chi connectivity index (χ4v) is 2.11. The predicted molar refractivity (Wildman–Crippen MR) is 79.9 cm³/mol. The molecule has 120 valence electrons. The number of furan rings is 1. The van der Waals surface area contributed by atoms with Crippen molar-refractivity contribution in [2.45, 2.75) is 12.6 Å². The Morgan fingerprint density at radius 3 is 2.61 bits per heavy atom. The summed E-state index contributed by atoms with van der Waals surface area (Å²) in [5, 5.41) is 5.00. The van der Waals surface area contributed by atoms with E-state index < -0.39 is 11.8 Å². The molecule has 1 aliphatic heterocycles. The van der Waals surface area contributed by atoms with Crippen LogP contribution in [0.5, 0.6) is 11.5 Å². The maximum Gasteiger partial charge on any atom is 0.309 e. The van der Waals surface area contributed by atoms with E-state index in [-0.39, 0.29) is 19.2 Å². The first-order valence-electron chi connectivity index (χ1n) is 7.19. The molecule has 7 nitrogen and oxygen atoms in total. The SMILES string of the molecule is O=C(NCc1ccco1)C(=O)NCC1COc2ccccc2O1. The van der Waals surface area contributed by atoms with Crippen molar-refractivity contribution < 1.29 is 23.5 Å². The second kappa shape index (κ2) is 6.87. The zero-order valence-electron chi connectivity index (χ0n) is 12.3. The number of hydrogen-bond donors (Lipinski definition) is 2. The minimum Gasteiger partial charge on any atom is -0.486 e. The smallest absolute Gasteiger partial charge is 0.309 e. The summed E-state index contributed by atoms with van der Waals surface area (Å²) in [7, 11) is 0. The van der Waals surface area contributed by atoms with Crippen molar-refractivity contribution in [1.29, 1.82) is 0 Å². The highest BCUT2D eigenvalue weighted by atomic mass is 16.6. The lowest BCUT2D eigenvalue weighted by molar-refractivity contribution is -0.139. The number of hydrogen-bond acceptors (Lipinski definition) is 5. The summed E-state index contributed by atoms with van der Waals surface area (Å²) >= 11 is 0. The molecule has 3 rings (SSSR count).